The van der Waals surface area contributed by atoms with Gasteiger partial charge in [-0.25, -0.2) is 9.48 Å². The van der Waals surface area contributed by atoms with Gasteiger partial charge in [0.1, 0.15) is 6.10 Å². The minimum absolute atomic E-state index is 0.0589. The molecule has 0 unspecified atom stereocenters. The maximum Gasteiger partial charge on any atom is 0.338 e. The van der Waals surface area contributed by atoms with Gasteiger partial charge in [-0.15, -0.1) is 5.10 Å². The Labute approximate surface area is 167 Å². The maximum absolute atomic E-state index is 12.5. The largest absolute Gasteiger partial charge is 0.456 e. The number of nitrogens with zero attached hydrogens (tertiary/aromatic N) is 4. The highest BCUT2D eigenvalue weighted by molar-refractivity contribution is 5.89. The Hall–Kier alpha value is -2.21. The predicted molar refractivity (Wildman–Crippen MR) is 109 cm³/mol. The lowest BCUT2D eigenvalue weighted by Crippen LogP contribution is -2.32. The zero-order chi connectivity index (χ0) is 19.9. The number of benzene rings is 1. The van der Waals surface area contributed by atoms with Gasteiger partial charge in [-0.2, -0.15) is 0 Å². The monoisotopic (exact) mass is 384 g/mol. The van der Waals surface area contributed by atoms with Crippen LogP contribution < -0.4 is 0 Å². The molecule has 0 radical (unpaired) electrons. The Morgan fingerprint density at radius 3 is 2.75 bits per heavy atom. The van der Waals surface area contributed by atoms with E-state index >= 15 is 0 Å². The van der Waals surface area contributed by atoms with E-state index in [1.807, 2.05) is 29.1 Å². The summed E-state index contributed by atoms with van der Waals surface area (Å²) < 4.78 is 7.77. The van der Waals surface area contributed by atoms with E-state index in [9.17, 15) is 4.79 Å². The Kier molecular flexibility index (Phi) is 7.20. The van der Waals surface area contributed by atoms with Crippen LogP contribution in [0.4, 0.5) is 0 Å². The maximum atomic E-state index is 12.5. The first kappa shape index (κ1) is 20.5. The highest BCUT2D eigenvalue weighted by Gasteiger charge is 2.31. The van der Waals surface area contributed by atoms with Crippen molar-refractivity contribution in [2.24, 2.45) is 5.92 Å². The van der Waals surface area contributed by atoms with E-state index in [4.69, 9.17) is 4.74 Å². The summed E-state index contributed by atoms with van der Waals surface area (Å²) in [6.07, 6.45) is 7.05. The van der Waals surface area contributed by atoms with Crippen molar-refractivity contribution in [2.45, 2.75) is 64.6 Å². The average Bonchev–Trinajstić information content (AvgIpc) is 3.15. The molecule has 3 rings (SSSR count). The van der Waals surface area contributed by atoms with Crippen LogP contribution in [0.25, 0.3) is 0 Å². The summed E-state index contributed by atoms with van der Waals surface area (Å²) in [7, 11) is 2.12. The molecular formula is C22H32N4O2. The molecule has 6 nitrogen and oxygen atoms in total. The minimum atomic E-state index is -0.258. The molecule has 1 aliphatic rings. The second-order valence-corrected chi connectivity index (χ2v) is 8.27. The number of hydrogen-bond acceptors (Lipinski definition) is 5. The first-order chi connectivity index (χ1) is 13.5. The Morgan fingerprint density at radius 1 is 1.25 bits per heavy atom. The van der Waals surface area contributed by atoms with E-state index in [0.29, 0.717) is 11.5 Å². The van der Waals surface area contributed by atoms with Crippen LogP contribution in [-0.4, -0.2) is 45.6 Å². The number of hydrogen-bond donors (Lipinski definition) is 0. The van der Waals surface area contributed by atoms with Gasteiger partial charge in [-0.1, -0.05) is 43.7 Å². The van der Waals surface area contributed by atoms with Crippen LogP contribution in [0, 0.1) is 5.92 Å². The Morgan fingerprint density at radius 2 is 2.00 bits per heavy atom. The summed E-state index contributed by atoms with van der Waals surface area (Å²) in [5.41, 5.74) is 1.56. The molecule has 1 heterocycles. The molecule has 2 aromatic rings. The van der Waals surface area contributed by atoms with Crippen LogP contribution in [0.1, 0.15) is 68.0 Å². The molecule has 0 N–H and O–H groups in total. The smallest absolute Gasteiger partial charge is 0.338 e. The molecule has 152 valence electrons. The van der Waals surface area contributed by atoms with Gasteiger partial charge in [0.05, 0.1) is 23.5 Å². The van der Waals surface area contributed by atoms with Crippen molar-refractivity contribution in [3.05, 3.63) is 47.8 Å². The molecule has 28 heavy (non-hydrogen) atoms. The molecular weight excluding hydrogens is 352 g/mol. The predicted octanol–water partition coefficient (Wildman–Crippen LogP) is 4.10. The second kappa shape index (κ2) is 9.82. The van der Waals surface area contributed by atoms with E-state index in [1.54, 1.807) is 12.1 Å². The lowest BCUT2D eigenvalue weighted by molar-refractivity contribution is 0.00176. The SMILES string of the molecule is CC(C)CCN(C)Cc1cn([C@@H]2CCCC[C@H]2OC(=O)c2ccccc2)nn1. The van der Waals surface area contributed by atoms with Crippen molar-refractivity contribution in [1.29, 1.82) is 0 Å². The topological polar surface area (TPSA) is 60.2 Å². The molecule has 1 aromatic carbocycles. The van der Waals surface area contributed by atoms with Crippen molar-refractivity contribution in [3.63, 3.8) is 0 Å². The third-order valence-electron chi connectivity index (χ3n) is 5.35. The van der Waals surface area contributed by atoms with Gasteiger partial charge < -0.3 is 9.64 Å². The number of rotatable bonds is 8. The van der Waals surface area contributed by atoms with E-state index < -0.39 is 0 Å². The molecule has 1 aromatic heterocycles. The lowest BCUT2D eigenvalue weighted by Gasteiger charge is -2.30. The number of ether oxygens (including phenoxy) is 1. The van der Waals surface area contributed by atoms with Gasteiger partial charge in [0.25, 0.3) is 0 Å². The highest BCUT2D eigenvalue weighted by Crippen LogP contribution is 2.31. The van der Waals surface area contributed by atoms with Crippen LogP contribution in [0.5, 0.6) is 0 Å². The molecule has 0 aliphatic heterocycles. The fourth-order valence-electron chi connectivity index (χ4n) is 3.68. The van der Waals surface area contributed by atoms with E-state index in [0.717, 1.165) is 44.5 Å². The van der Waals surface area contributed by atoms with E-state index in [-0.39, 0.29) is 18.1 Å². The molecule has 1 aliphatic carbocycles. The Balaban J connectivity index is 1.62. The average molecular weight is 385 g/mol. The van der Waals surface area contributed by atoms with Crippen LogP contribution in [0.15, 0.2) is 36.5 Å². The summed E-state index contributed by atoms with van der Waals surface area (Å²) >= 11 is 0. The van der Waals surface area contributed by atoms with Gasteiger partial charge >= 0.3 is 5.97 Å². The normalized spacial score (nSPS) is 19.9. The van der Waals surface area contributed by atoms with E-state index in [1.165, 1.54) is 6.42 Å². The second-order valence-electron chi connectivity index (χ2n) is 8.27. The summed E-state index contributed by atoms with van der Waals surface area (Å²) in [4.78, 5) is 14.8. The first-order valence-electron chi connectivity index (χ1n) is 10.4. The summed E-state index contributed by atoms with van der Waals surface area (Å²) in [5, 5.41) is 8.73. The summed E-state index contributed by atoms with van der Waals surface area (Å²) in [6.45, 7) is 6.31. The highest BCUT2D eigenvalue weighted by atomic mass is 16.5. The number of carbonyl (C=O) groups excluding carboxylic acids is 1. The minimum Gasteiger partial charge on any atom is -0.456 e. The van der Waals surface area contributed by atoms with Crippen molar-refractivity contribution >= 4 is 5.97 Å². The standard InChI is InChI=1S/C22H32N4O2/c1-17(2)13-14-25(3)15-19-16-26(24-23-19)20-11-7-8-12-21(20)28-22(27)18-9-5-4-6-10-18/h4-6,9-10,16-17,20-21H,7-8,11-15H2,1-3H3/t20-,21-/m1/s1. The Bertz CT molecular complexity index is 744. The third-order valence-corrected chi connectivity index (χ3v) is 5.35. The van der Waals surface area contributed by atoms with Gasteiger partial charge in [0, 0.05) is 6.54 Å². The van der Waals surface area contributed by atoms with Crippen LogP contribution in [0.3, 0.4) is 0 Å². The van der Waals surface area contributed by atoms with E-state index in [2.05, 4.69) is 36.1 Å². The molecule has 0 spiro atoms. The van der Waals surface area contributed by atoms with Crippen molar-refractivity contribution in [2.75, 3.05) is 13.6 Å². The first-order valence-corrected chi connectivity index (χ1v) is 10.4. The molecule has 0 bridgehead atoms. The van der Waals surface area contributed by atoms with Gasteiger partial charge in [-0.05, 0) is 57.3 Å². The quantitative estimate of drug-likeness (QED) is 0.642. The van der Waals surface area contributed by atoms with Gasteiger partial charge in [-0.3, -0.25) is 0 Å². The van der Waals surface area contributed by atoms with Crippen LogP contribution >= 0.6 is 0 Å². The zero-order valence-corrected chi connectivity index (χ0v) is 17.3. The van der Waals surface area contributed by atoms with Crippen LogP contribution in [-0.2, 0) is 11.3 Å². The summed E-state index contributed by atoms with van der Waals surface area (Å²) in [5.74, 6) is 0.437. The molecule has 0 amide bonds. The van der Waals surface area contributed by atoms with Crippen molar-refractivity contribution in [1.82, 2.24) is 19.9 Å². The number of aromatic nitrogens is 3. The molecule has 1 saturated carbocycles. The fraction of sp³-hybridized carbons (Fsp3) is 0.591. The van der Waals surface area contributed by atoms with Gasteiger partial charge in [0.15, 0.2) is 0 Å². The fourth-order valence-corrected chi connectivity index (χ4v) is 3.68. The third kappa shape index (κ3) is 5.64. The molecule has 1 fully saturated rings. The molecule has 6 heteroatoms. The lowest BCUT2D eigenvalue weighted by atomic mass is 9.92. The van der Waals surface area contributed by atoms with Crippen LogP contribution in [0.2, 0.25) is 0 Å². The number of carbonyl (C=O) groups is 1. The molecule has 2 atom stereocenters. The van der Waals surface area contributed by atoms with Crippen molar-refractivity contribution in [3.8, 4) is 0 Å². The number of esters is 1. The zero-order valence-electron chi connectivity index (χ0n) is 17.3. The van der Waals surface area contributed by atoms with Gasteiger partial charge in [0.2, 0.25) is 0 Å². The molecule has 0 saturated heterocycles. The van der Waals surface area contributed by atoms with Crippen molar-refractivity contribution < 1.29 is 9.53 Å². The summed E-state index contributed by atoms with van der Waals surface area (Å²) in [6, 6.07) is 9.25.